The van der Waals surface area contributed by atoms with Gasteiger partial charge in [-0.2, -0.15) is 0 Å². The predicted octanol–water partition coefficient (Wildman–Crippen LogP) is 3.35. The van der Waals surface area contributed by atoms with Crippen LogP contribution in [0, 0.1) is 5.92 Å². The number of carbonyl (C=O) groups excluding carboxylic acids is 1. The average Bonchev–Trinajstić information content (AvgIpc) is 2.21. The standard InChI is InChI=1S/C10H15N3O/c1-8(12-13-11)10(7-14)9-5-3-2-4-6-9/h7,9H,2-6H2,1H3. The number of hydrogen-bond acceptors (Lipinski definition) is 2. The Balaban J connectivity index is 2.83. The van der Waals surface area contributed by atoms with Gasteiger partial charge in [-0.3, -0.25) is 4.79 Å². The number of allylic oxidation sites excluding steroid dienone is 2. The Hall–Kier alpha value is -1.28. The second-order valence-corrected chi connectivity index (χ2v) is 3.68. The molecule has 0 heterocycles. The molecule has 0 saturated heterocycles. The third-order valence-corrected chi connectivity index (χ3v) is 2.78. The maximum atomic E-state index is 10.9. The fourth-order valence-electron chi connectivity index (χ4n) is 2.02. The van der Waals surface area contributed by atoms with Crippen LogP contribution >= 0.6 is 0 Å². The third kappa shape index (κ3) is 2.60. The molecule has 0 spiro atoms. The van der Waals surface area contributed by atoms with Gasteiger partial charge in [0, 0.05) is 16.2 Å². The van der Waals surface area contributed by atoms with Crippen molar-refractivity contribution in [2.75, 3.05) is 0 Å². The topological polar surface area (TPSA) is 65.8 Å². The van der Waals surface area contributed by atoms with Gasteiger partial charge in [0.05, 0.1) is 0 Å². The van der Waals surface area contributed by atoms with E-state index >= 15 is 0 Å². The number of carbonyl (C=O) groups is 1. The lowest BCUT2D eigenvalue weighted by Gasteiger charge is -2.22. The number of rotatable bonds is 3. The summed E-state index contributed by atoms with van der Waals surface area (Å²) in [5, 5.41) is 3.50. The minimum atomic E-state index is 0.312. The van der Waals surface area contributed by atoms with Gasteiger partial charge >= 0.3 is 0 Å². The van der Waals surface area contributed by atoms with Gasteiger partial charge in [-0.15, -0.1) is 0 Å². The lowest BCUT2D eigenvalue weighted by Crippen LogP contribution is -2.11. The van der Waals surface area contributed by atoms with Crippen LogP contribution < -0.4 is 0 Å². The van der Waals surface area contributed by atoms with Gasteiger partial charge in [0.2, 0.25) is 0 Å². The van der Waals surface area contributed by atoms with E-state index in [1.54, 1.807) is 6.92 Å². The number of nitrogens with zero attached hydrogens (tertiary/aromatic N) is 3. The molecular weight excluding hydrogens is 178 g/mol. The second kappa shape index (κ2) is 5.45. The summed E-state index contributed by atoms with van der Waals surface area (Å²) in [4.78, 5) is 13.6. The monoisotopic (exact) mass is 193 g/mol. The van der Waals surface area contributed by atoms with Crippen LogP contribution in [-0.4, -0.2) is 6.29 Å². The van der Waals surface area contributed by atoms with E-state index in [0.717, 1.165) is 19.1 Å². The fourth-order valence-corrected chi connectivity index (χ4v) is 2.02. The van der Waals surface area contributed by atoms with Crippen molar-refractivity contribution in [3.8, 4) is 0 Å². The van der Waals surface area contributed by atoms with Crippen molar-refractivity contribution in [2.24, 2.45) is 11.0 Å². The first-order valence-electron chi connectivity index (χ1n) is 5.00. The van der Waals surface area contributed by atoms with E-state index in [0.29, 0.717) is 17.2 Å². The second-order valence-electron chi connectivity index (χ2n) is 3.68. The van der Waals surface area contributed by atoms with Gasteiger partial charge in [0.15, 0.2) is 0 Å². The molecule has 0 aromatic heterocycles. The van der Waals surface area contributed by atoms with Gasteiger partial charge < -0.3 is 0 Å². The van der Waals surface area contributed by atoms with Crippen LogP contribution in [0.3, 0.4) is 0 Å². The summed E-state index contributed by atoms with van der Waals surface area (Å²) < 4.78 is 0. The minimum absolute atomic E-state index is 0.312. The van der Waals surface area contributed by atoms with Crippen molar-refractivity contribution in [3.63, 3.8) is 0 Å². The van der Waals surface area contributed by atoms with Gasteiger partial charge in [0.1, 0.15) is 6.29 Å². The molecular formula is C10H15N3O. The maximum absolute atomic E-state index is 10.9. The zero-order valence-electron chi connectivity index (χ0n) is 8.44. The van der Waals surface area contributed by atoms with Crippen molar-refractivity contribution in [2.45, 2.75) is 39.0 Å². The normalized spacial score (nSPS) is 19.5. The largest absolute Gasteiger partial charge is 0.298 e. The van der Waals surface area contributed by atoms with Crippen molar-refractivity contribution in [3.05, 3.63) is 21.7 Å². The van der Waals surface area contributed by atoms with E-state index in [4.69, 9.17) is 5.53 Å². The minimum Gasteiger partial charge on any atom is -0.298 e. The van der Waals surface area contributed by atoms with Crippen LogP contribution in [0.4, 0.5) is 0 Å². The van der Waals surface area contributed by atoms with E-state index < -0.39 is 0 Å². The molecule has 1 rings (SSSR count). The van der Waals surface area contributed by atoms with E-state index in [2.05, 4.69) is 10.0 Å². The summed E-state index contributed by atoms with van der Waals surface area (Å²) in [6, 6.07) is 0. The zero-order valence-corrected chi connectivity index (χ0v) is 8.44. The molecule has 0 bridgehead atoms. The van der Waals surface area contributed by atoms with Crippen LogP contribution in [0.1, 0.15) is 39.0 Å². The highest BCUT2D eigenvalue weighted by molar-refractivity contribution is 5.75. The molecule has 0 aromatic carbocycles. The van der Waals surface area contributed by atoms with Gasteiger partial charge in [-0.05, 0) is 31.2 Å². The fraction of sp³-hybridized carbons (Fsp3) is 0.700. The predicted molar refractivity (Wildman–Crippen MR) is 54.5 cm³/mol. The van der Waals surface area contributed by atoms with Crippen molar-refractivity contribution in [1.82, 2.24) is 0 Å². The molecule has 0 radical (unpaired) electrons. The molecule has 4 nitrogen and oxygen atoms in total. The van der Waals surface area contributed by atoms with E-state index in [9.17, 15) is 4.79 Å². The highest BCUT2D eigenvalue weighted by Gasteiger charge is 2.18. The molecule has 0 atom stereocenters. The molecule has 4 heteroatoms. The third-order valence-electron chi connectivity index (χ3n) is 2.78. The van der Waals surface area contributed by atoms with Crippen molar-refractivity contribution in [1.29, 1.82) is 0 Å². The van der Waals surface area contributed by atoms with E-state index in [-0.39, 0.29) is 0 Å². The molecule has 0 unspecified atom stereocenters. The van der Waals surface area contributed by atoms with Gasteiger partial charge in [-0.25, -0.2) is 0 Å². The smallest absolute Gasteiger partial charge is 0.146 e. The molecule has 0 N–H and O–H groups in total. The van der Waals surface area contributed by atoms with E-state index in [1.165, 1.54) is 19.3 Å². The lowest BCUT2D eigenvalue weighted by molar-refractivity contribution is -0.105. The number of aldehydes is 1. The first kappa shape index (κ1) is 10.8. The Morgan fingerprint density at radius 1 is 1.43 bits per heavy atom. The van der Waals surface area contributed by atoms with Gasteiger partial charge in [0.25, 0.3) is 0 Å². The van der Waals surface area contributed by atoms with E-state index in [1.807, 2.05) is 0 Å². The summed E-state index contributed by atoms with van der Waals surface area (Å²) in [6.45, 7) is 1.71. The Bertz CT molecular complexity index is 284. The lowest BCUT2D eigenvalue weighted by atomic mass is 9.83. The molecule has 1 fully saturated rings. The summed E-state index contributed by atoms with van der Waals surface area (Å²) in [7, 11) is 0. The highest BCUT2D eigenvalue weighted by Crippen LogP contribution is 2.30. The average molecular weight is 193 g/mol. The zero-order chi connectivity index (χ0) is 10.4. The first-order chi connectivity index (χ1) is 6.79. The molecule has 1 saturated carbocycles. The van der Waals surface area contributed by atoms with Crippen LogP contribution in [-0.2, 0) is 4.79 Å². The highest BCUT2D eigenvalue weighted by atomic mass is 16.1. The summed E-state index contributed by atoms with van der Waals surface area (Å²) in [6.07, 6.45) is 6.54. The Morgan fingerprint density at radius 2 is 2.07 bits per heavy atom. The van der Waals surface area contributed by atoms with Crippen LogP contribution in [0.25, 0.3) is 10.4 Å². The molecule has 1 aliphatic rings. The molecule has 1 aliphatic carbocycles. The number of hydrogen-bond donors (Lipinski definition) is 0. The quantitative estimate of drug-likeness (QED) is 0.223. The first-order valence-corrected chi connectivity index (χ1v) is 5.00. The summed E-state index contributed by atoms with van der Waals surface area (Å²) >= 11 is 0. The summed E-state index contributed by atoms with van der Waals surface area (Å²) in [5.74, 6) is 0.312. The molecule has 0 aromatic rings. The molecule has 0 aliphatic heterocycles. The number of azide groups is 1. The van der Waals surface area contributed by atoms with Crippen LogP contribution in [0.15, 0.2) is 16.4 Å². The Labute approximate surface area is 83.6 Å². The van der Waals surface area contributed by atoms with Crippen LogP contribution in [0.2, 0.25) is 0 Å². The van der Waals surface area contributed by atoms with Crippen molar-refractivity contribution >= 4 is 6.29 Å². The molecule has 76 valence electrons. The van der Waals surface area contributed by atoms with Crippen LogP contribution in [0.5, 0.6) is 0 Å². The maximum Gasteiger partial charge on any atom is 0.146 e. The SMILES string of the molecule is CC(N=[N+]=[N-])=C(C=O)C1CCCCC1. The van der Waals surface area contributed by atoms with Gasteiger partial charge in [-0.1, -0.05) is 24.4 Å². The Morgan fingerprint density at radius 3 is 2.57 bits per heavy atom. The molecule has 14 heavy (non-hydrogen) atoms. The van der Waals surface area contributed by atoms with Crippen molar-refractivity contribution < 1.29 is 4.79 Å². The molecule has 0 amide bonds. The Kier molecular flexibility index (Phi) is 4.20. The summed E-state index contributed by atoms with van der Waals surface area (Å²) in [5.41, 5.74) is 9.52.